The fourth-order valence-electron chi connectivity index (χ4n) is 3.66. The standard InChI is InChI=1S/C22H25N5O3S/c1-16(19-10-7-13-31-19)25-30-14-20(28)23-24-21-17-8-3-4-9-18(17)27(22(21)29)15-26-11-5-2-6-12-26/h3-4,7-10,13,29H,2,5-6,11-12,14-15H2,1H3. The molecule has 1 aromatic carbocycles. The Labute approximate surface area is 184 Å². The maximum Gasteiger partial charge on any atom is 0.304 e. The quantitative estimate of drug-likeness (QED) is 0.322. The van der Waals surface area contributed by atoms with Crippen molar-refractivity contribution in [3.05, 3.63) is 46.7 Å². The Balaban J connectivity index is 1.47. The number of carbonyl (C=O) groups is 1. The first kappa shape index (κ1) is 21.2. The number of aromatic nitrogens is 1. The Morgan fingerprint density at radius 1 is 1.16 bits per heavy atom. The number of nitrogens with zero attached hydrogens (tertiary/aromatic N) is 5. The van der Waals surface area contributed by atoms with E-state index in [9.17, 15) is 9.90 Å². The van der Waals surface area contributed by atoms with Crippen molar-refractivity contribution in [1.29, 1.82) is 0 Å². The second-order valence-corrected chi connectivity index (χ2v) is 8.41. The SMILES string of the molecule is CC(=NOCC(=O)N=Nc1c(O)n(CN2CCCCC2)c2ccccc12)c1cccs1. The predicted octanol–water partition coefficient (Wildman–Crippen LogP) is 4.90. The number of amides is 1. The average Bonchev–Trinajstić information content (AvgIpc) is 3.41. The van der Waals surface area contributed by atoms with Crippen molar-refractivity contribution in [3.8, 4) is 5.88 Å². The molecule has 3 aromatic rings. The van der Waals surface area contributed by atoms with Crippen LogP contribution >= 0.6 is 11.3 Å². The molecule has 2 aromatic heterocycles. The van der Waals surface area contributed by atoms with Crippen molar-refractivity contribution in [3.63, 3.8) is 0 Å². The number of azo groups is 1. The largest absolute Gasteiger partial charge is 0.493 e. The molecule has 4 rings (SSSR count). The lowest BCUT2D eigenvalue weighted by atomic mass is 10.1. The summed E-state index contributed by atoms with van der Waals surface area (Å²) in [6, 6.07) is 11.4. The Bertz CT molecular complexity index is 1100. The minimum atomic E-state index is -0.574. The Hall–Kier alpha value is -3.04. The van der Waals surface area contributed by atoms with Gasteiger partial charge in [0.15, 0.2) is 12.3 Å². The van der Waals surface area contributed by atoms with E-state index in [4.69, 9.17) is 4.84 Å². The summed E-state index contributed by atoms with van der Waals surface area (Å²) in [5.41, 5.74) is 1.84. The molecule has 1 fully saturated rings. The first-order valence-electron chi connectivity index (χ1n) is 10.3. The van der Waals surface area contributed by atoms with Gasteiger partial charge in [-0.3, -0.25) is 14.3 Å². The zero-order valence-corrected chi connectivity index (χ0v) is 18.2. The van der Waals surface area contributed by atoms with Crippen LogP contribution in [0.2, 0.25) is 0 Å². The third-order valence-electron chi connectivity index (χ3n) is 5.24. The number of fused-ring (bicyclic) bond motifs is 1. The fourth-order valence-corrected chi connectivity index (χ4v) is 4.33. The van der Waals surface area contributed by atoms with E-state index >= 15 is 0 Å². The third-order valence-corrected chi connectivity index (χ3v) is 6.21. The topological polar surface area (TPSA) is 91.8 Å². The molecule has 9 heteroatoms. The van der Waals surface area contributed by atoms with Gasteiger partial charge in [-0.05, 0) is 50.4 Å². The van der Waals surface area contributed by atoms with Gasteiger partial charge in [0.05, 0.1) is 22.8 Å². The van der Waals surface area contributed by atoms with Crippen LogP contribution in [-0.4, -0.2) is 45.9 Å². The van der Waals surface area contributed by atoms with Crippen LogP contribution < -0.4 is 0 Å². The molecule has 1 amide bonds. The summed E-state index contributed by atoms with van der Waals surface area (Å²) >= 11 is 1.54. The van der Waals surface area contributed by atoms with Gasteiger partial charge in [0.25, 0.3) is 0 Å². The summed E-state index contributed by atoms with van der Waals surface area (Å²) in [6.07, 6.45) is 3.57. The van der Waals surface area contributed by atoms with E-state index in [0.29, 0.717) is 18.1 Å². The molecular formula is C22H25N5O3S. The van der Waals surface area contributed by atoms with E-state index < -0.39 is 5.91 Å². The van der Waals surface area contributed by atoms with Crippen molar-refractivity contribution in [1.82, 2.24) is 9.47 Å². The molecule has 162 valence electrons. The molecule has 3 heterocycles. The number of hydrogen-bond donors (Lipinski definition) is 1. The van der Waals surface area contributed by atoms with Crippen LogP contribution in [0.1, 0.15) is 31.1 Å². The van der Waals surface area contributed by atoms with Gasteiger partial charge in [-0.25, -0.2) is 0 Å². The number of thiophene rings is 1. The monoisotopic (exact) mass is 439 g/mol. The van der Waals surface area contributed by atoms with Crippen LogP contribution in [0.4, 0.5) is 5.69 Å². The number of piperidine rings is 1. The number of benzene rings is 1. The number of rotatable bonds is 7. The zero-order chi connectivity index (χ0) is 21.6. The molecule has 1 aliphatic heterocycles. The van der Waals surface area contributed by atoms with E-state index in [0.717, 1.165) is 41.7 Å². The predicted molar refractivity (Wildman–Crippen MR) is 121 cm³/mol. The highest BCUT2D eigenvalue weighted by molar-refractivity contribution is 7.12. The Morgan fingerprint density at radius 3 is 2.74 bits per heavy atom. The summed E-state index contributed by atoms with van der Waals surface area (Å²) in [6.45, 7) is 4.08. The second kappa shape index (κ2) is 9.84. The van der Waals surface area contributed by atoms with Crippen molar-refractivity contribution in [2.45, 2.75) is 32.9 Å². The maximum atomic E-state index is 12.1. The van der Waals surface area contributed by atoms with E-state index in [1.807, 2.05) is 53.3 Å². The smallest absolute Gasteiger partial charge is 0.304 e. The number of aromatic hydroxyl groups is 1. The summed E-state index contributed by atoms with van der Waals surface area (Å²) < 4.78 is 1.82. The number of para-hydroxylation sites is 1. The molecule has 0 unspecified atom stereocenters. The van der Waals surface area contributed by atoms with Crippen molar-refractivity contribution < 1.29 is 14.7 Å². The van der Waals surface area contributed by atoms with Crippen LogP contribution in [0.3, 0.4) is 0 Å². The number of likely N-dealkylation sites (tertiary alicyclic amines) is 1. The fraction of sp³-hybridized carbons (Fsp3) is 0.364. The van der Waals surface area contributed by atoms with Gasteiger partial charge in [0.2, 0.25) is 5.88 Å². The first-order chi connectivity index (χ1) is 15.1. The van der Waals surface area contributed by atoms with Gasteiger partial charge >= 0.3 is 5.91 Å². The molecule has 1 saturated heterocycles. The maximum absolute atomic E-state index is 12.1. The van der Waals surface area contributed by atoms with Gasteiger partial charge in [-0.2, -0.15) is 0 Å². The highest BCUT2D eigenvalue weighted by atomic mass is 32.1. The van der Waals surface area contributed by atoms with Gasteiger partial charge in [-0.1, -0.05) is 35.8 Å². The lowest BCUT2D eigenvalue weighted by Gasteiger charge is -2.27. The van der Waals surface area contributed by atoms with Crippen molar-refractivity contribution in [2.75, 3.05) is 19.7 Å². The molecular weight excluding hydrogens is 414 g/mol. The van der Waals surface area contributed by atoms with Crippen LogP contribution in [-0.2, 0) is 16.3 Å². The molecule has 0 atom stereocenters. The third kappa shape index (κ3) is 5.00. The van der Waals surface area contributed by atoms with Gasteiger partial charge in [0, 0.05) is 5.39 Å². The normalized spacial score (nSPS) is 15.7. The minimum Gasteiger partial charge on any atom is -0.493 e. The Kier molecular flexibility index (Phi) is 6.73. The summed E-state index contributed by atoms with van der Waals surface area (Å²) in [7, 11) is 0. The van der Waals surface area contributed by atoms with E-state index in [2.05, 4.69) is 20.3 Å². The average molecular weight is 440 g/mol. The minimum absolute atomic E-state index is 0.0100. The summed E-state index contributed by atoms with van der Waals surface area (Å²) in [4.78, 5) is 20.5. The van der Waals surface area contributed by atoms with Crippen molar-refractivity contribution in [2.24, 2.45) is 15.4 Å². The van der Waals surface area contributed by atoms with Gasteiger partial charge in [-0.15, -0.1) is 21.6 Å². The summed E-state index contributed by atoms with van der Waals surface area (Å²) in [5.74, 6) is -0.564. The highest BCUT2D eigenvalue weighted by Gasteiger charge is 2.19. The van der Waals surface area contributed by atoms with Crippen LogP contribution in [0, 0.1) is 0 Å². The number of hydrogen-bond acceptors (Lipinski definition) is 7. The highest BCUT2D eigenvalue weighted by Crippen LogP contribution is 2.39. The molecule has 1 N–H and O–H groups in total. The van der Waals surface area contributed by atoms with Gasteiger partial charge < -0.3 is 9.94 Å². The first-order valence-corrected chi connectivity index (χ1v) is 11.2. The zero-order valence-electron chi connectivity index (χ0n) is 17.4. The molecule has 8 nitrogen and oxygen atoms in total. The molecule has 31 heavy (non-hydrogen) atoms. The van der Waals surface area contributed by atoms with Crippen molar-refractivity contribution >= 4 is 39.5 Å². The van der Waals surface area contributed by atoms with Crippen LogP contribution in [0.15, 0.2) is 57.2 Å². The van der Waals surface area contributed by atoms with E-state index in [-0.39, 0.29) is 12.5 Å². The molecule has 0 bridgehead atoms. The lowest BCUT2D eigenvalue weighted by molar-refractivity contribution is -0.122. The second-order valence-electron chi connectivity index (χ2n) is 7.46. The Morgan fingerprint density at radius 2 is 1.97 bits per heavy atom. The van der Waals surface area contributed by atoms with Crippen LogP contribution in [0.25, 0.3) is 10.9 Å². The lowest BCUT2D eigenvalue weighted by Crippen LogP contribution is -2.31. The van der Waals surface area contributed by atoms with Crippen LogP contribution in [0.5, 0.6) is 5.88 Å². The number of carbonyl (C=O) groups excluding carboxylic acids is 1. The number of oxime groups is 1. The molecule has 1 aliphatic rings. The molecule has 0 radical (unpaired) electrons. The van der Waals surface area contributed by atoms with Gasteiger partial charge in [0.1, 0.15) is 0 Å². The molecule has 0 aliphatic carbocycles. The summed E-state index contributed by atoms with van der Waals surface area (Å²) in [5, 5.41) is 25.3. The van der Waals surface area contributed by atoms with E-state index in [1.165, 1.54) is 6.42 Å². The molecule has 0 spiro atoms. The molecule has 0 saturated carbocycles. The van der Waals surface area contributed by atoms with E-state index in [1.54, 1.807) is 11.3 Å².